The van der Waals surface area contributed by atoms with E-state index in [9.17, 15) is 9.59 Å². The predicted octanol–water partition coefficient (Wildman–Crippen LogP) is 3.85. The van der Waals surface area contributed by atoms with Crippen molar-refractivity contribution in [3.05, 3.63) is 28.2 Å². The number of rotatable bonds is 7. The molecule has 0 spiro atoms. The molecule has 5 nitrogen and oxygen atoms in total. The number of methoxy groups -OCH3 is 1. The normalized spacial score (nSPS) is 10.0. The van der Waals surface area contributed by atoms with Gasteiger partial charge in [-0.1, -0.05) is 35.7 Å². The van der Waals surface area contributed by atoms with E-state index < -0.39 is 0 Å². The zero-order valence-corrected chi connectivity index (χ0v) is 13.3. The molecule has 0 aliphatic rings. The molecule has 21 heavy (non-hydrogen) atoms. The van der Waals surface area contributed by atoms with Crippen LogP contribution in [-0.4, -0.2) is 25.7 Å². The van der Waals surface area contributed by atoms with Crippen LogP contribution in [0.3, 0.4) is 0 Å². The highest BCUT2D eigenvalue weighted by Crippen LogP contribution is 2.29. The highest BCUT2D eigenvalue weighted by molar-refractivity contribution is 6.43. The lowest BCUT2D eigenvalue weighted by molar-refractivity contribution is -0.140. The molecular weight excluding hydrogens is 315 g/mol. The van der Waals surface area contributed by atoms with Gasteiger partial charge in [-0.05, 0) is 25.0 Å². The molecule has 0 fully saturated rings. The second-order valence-electron chi connectivity index (χ2n) is 4.37. The number of benzene rings is 1. The van der Waals surface area contributed by atoms with Crippen molar-refractivity contribution in [1.82, 2.24) is 5.32 Å². The van der Waals surface area contributed by atoms with E-state index in [1.54, 1.807) is 18.2 Å². The first-order valence-corrected chi connectivity index (χ1v) is 7.36. The minimum Gasteiger partial charge on any atom is -0.469 e. The summed E-state index contributed by atoms with van der Waals surface area (Å²) in [7, 11) is 1.37. The molecule has 0 saturated carbocycles. The maximum absolute atomic E-state index is 11.7. The van der Waals surface area contributed by atoms with Gasteiger partial charge in [0.2, 0.25) is 0 Å². The molecule has 0 atom stereocenters. The van der Waals surface area contributed by atoms with E-state index >= 15 is 0 Å². The summed E-state index contributed by atoms with van der Waals surface area (Å²) >= 11 is 11.8. The Morgan fingerprint density at radius 1 is 1.19 bits per heavy atom. The number of nitrogens with one attached hydrogen (secondary N) is 2. The number of hydrogen-bond acceptors (Lipinski definition) is 3. The Morgan fingerprint density at radius 3 is 2.67 bits per heavy atom. The van der Waals surface area contributed by atoms with Gasteiger partial charge in [-0.15, -0.1) is 0 Å². The molecule has 116 valence electrons. The number of amides is 2. The van der Waals surface area contributed by atoms with Crippen LogP contribution >= 0.6 is 23.2 Å². The van der Waals surface area contributed by atoms with Crippen molar-refractivity contribution >= 4 is 40.9 Å². The zero-order chi connectivity index (χ0) is 15.7. The van der Waals surface area contributed by atoms with Crippen molar-refractivity contribution in [1.29, 1.82) is 0 Å². The maximum Gasteiger partial charge on any atom is 0.319 e. The quantitative estimate of drug-likeness (QED) is 0.588. The van der Waals surface area contributed by atoms with Crippen LogP contribution < -0.4 is 10.6 Å². The molecule has 1 aromatic carbocycles. The van der Waals surface area contributed by atoms with Crippen LogP contribution in [0.1, 0.15) is 25.7 Å². The Kier molecular flexibility index (Phi) is 7.93. The topological polar surface area (TPSA) is 67.4 Å². The Balaban J connectivity index is 2.20. The first-order valence-electron chi connectivity index (χ1n) is 6.60. The summed E-state index contributed by atoms with van der Waals surface area (Å²) in [5.74, 6) is -0.212. The average Bonchev–Trinajstić information content (AvgIpc) is 2.47. The van der Waals surface area contributed by atoms with E-state index in [1.807, 2.05) is 0 Å². The van der Waals surface area contributed by atoms with Gasteiger partial charge >= 0.3 is 12.0 Å². The fourth-order valence-electron chi connectivity index (χ4n) is 1.64. The zero-order valence-electron chi connectivity index (χ0n) is 11.7. The fourth-order valence-corrected chi connectivity index (χ4v) is 1.99. The molecular formula is C14H18Cl2N2O3. The third-order valence-corrected chi connectivity index (χ3v) is 3.59. The number of unbranched alkanes of at least 4 members (excludes halogenated alkanes) is 2. The smallest absolute Gasteiger partial charge is 0.319 e. The average molecular weight is 333 g/mol. The number of hydrogen-bond donors (Lipinski definition) is 2. The predicted molar refractivity (Wildman–Crippen MR) is 84.0 cm³/mol. The first-order chi connectivity index (χ1) is 10.0. The van der Waals surface area contributed by atoms with Crippen molar-refractivity contribution in [2.24, 2.45) is 0 Å². The molecule has 0 radical (unpaired) electrons. The van der Waals surface area contributed by atoms with Gasteiger partial charge in [0.15, 0.2) is 0 Å². The summed E-state index contributed by atoms with van der Waals surface area (Å²) in [6.07, 6.45) is 2.78. The van der Waals surface area contributed by atoms with Gasteiger partial charge < -0.3 is 15.4 Å². The summed E-state index contributed by atoms with van der Waals surface area (Å²) in [6, 6.07) is 4.68. The number of anilines is 1. The lowest BCUT2D eigenvalue weighted by Crippen LogP contribution is -2.29. The molecule has 0 heterocycles. The molecule has 2 amide bonds. The Hall–Kier alpha value is -1.46. The highest BCUT2D eigenvalue weighted by atomic mass is 35.5. The lowest BCUT2D eigenvalue weighted by atomic mass is 10.2. The summed E-state index contributed by atoms with van der Waals surface area (Å²) in [4.78, 5) is 22.6. The fraction of sp³-hybridized carbons (Fsp3) is 0.429. The SMILES string of the molecule is COC(=O)CCCCCNC(=O)Nc1cccc(Cl)c1Cl. The molecule has 1 rings (SSSR count). The van der Waals surface area contributed by atoms with Crippen LogP contribution in [0.5, 0.6) is 0 Å². The van der Waals surface area contributed by atoms with E-state index in [4.69, 9.17) is 23.2 Å². The van der Waals surface area contributed by atoms with Crippen molar-refractivity contribution in [2.45, 2.75) is 25.7 Å². The van der Waals surface area contributed by atoms with Crippen molar-refractivity contribution in [3.63, 3.8) is 0 Å². The molecule has 0 aliphatic carbocycles. The number of carbonyl (C=O) groups is 2. The van der Waals surface area contributed by atoms with E-state index in [0.717, 1.165) is 19.3 Å². The third-order valence-electron chi connectivity index (χ3n) is 2.77. The minimum atomic E-state index is -0.341. The van der Waals surface area contributed by atoms with Crippen LogP contribution in [0.15, 0.2) is 18.2 Å². The molecule has 0 unspecified atom stereocenters. The van der Waals surface area contributed by atoms with Gasteiger partial charge in [0.25, 0.3) is 0 Å². The van der Waals surface area contributed by atoms with Crippen LogP contribution in [0, 0.1) is 0 Å². The molecule has 0 aliphatic heterocycles. The minimum absolute atomic E-state index is 0.212. The largest absolute Gasteiger partial charge is 0.469 e. The van der Waals surface area contributed by atoms with Gasteiger partial charge in [0.05, 0.1) is 22.8 Å². The van der Waals surface area contributed by atoms with Gasteiger partial charge in [0, 0.05) is 13.0 Å². The van der Waals surface area contributed by atoms with E-state index in [1.165, 1.54) is 7.11 Å². The van der Waals surface area contributed by atoms with Crippen LogP contribution in [0.2, 0.25) is 10.0 Å². The first kappa shape index (κ1) is 17.6. The lowest BCUT2D eigenvalue weighted by Gasteiger charge is -2.09. The maximum atomic E-state index is 11.7. The van der Waals surface area contributed by atoms with Gasteiger partial charge in [-0.3, -0.25) is 4.79 Å². The summed E-state index contributed by atoms with van der Waals surface area (Å²) in [6.45, 7) is 0.519. The number of halogens is 2. The second kappa shape index (κ2) is 9.47. The van der Waals surface area contributed by atoms with Crippen molar-refractivity contribution in [3.8, 4) is 0 Å². The number of carbonyl (C=O) groups excluding carboxylic acids is 2. The summed E-state index contributed by atoms with van der Waals surface area (Å²) in [5.41, 5.74) is 0.465. The van der Waals surface area contributed by atoms with Gasteiger partial charge in [-0.25, -0.2) is 4.79 Å². The van der Waals surface area contributed by atoms with Crippen LogP contribution in [0.25, 0.3) is 0 Å². The number of urea groups is 1. The van der Waals surface area contributed by atoms with Crippen LogP contribution in [-0.2, 0) is 9.53 Å². The van der Waals surface area contributed by atoms with Gasteiger partial charge in [0.1, 0.15) is 0 Å². The molecule has 2 N–H and O–H groups in total. The molecule has 0 saturated heterocycles. The highest BCUT2D eigenvalue weighted by Gasteiger charge is 2.07. The second-order valence-corrected chi connectivity index (χ2v) is 5.15. The monoisotopic (exact) mass is 332 g/mol. The van der Waals surface area contributed by atoms with E-state index in [2.05, 4.69) is 15.4 Å². The van der Waals surface area contributed by atoms with Crippen molar-refractivity contribution in [2.75, 3.05) is 19.0 Å². The Bertz CT molecular complexity index is 495. The Labute approximate surface area is 133 Å². The molecule has 0 bridgehead atoms. The van der Waals surface area contributed by atoms with Crippen molar-refractivity contribution < 1.29 is 14.3 Å². The molecule has 0 aromatic heterocycles. The summed E-state index contributed by atoms with van der Waals surface area (Å²) in [5, 5.41) is 6.04. The summed E-state index contributed by atoms with van der Waals surface area (Å²) < 4.78 is 4.54. The van der Waals surface area contributed by atoms with Gasteiger partial charge in [-0.2, -0.15) is 0 Å². The molecule has 7 heteroatoms. The van der Waals surface area contributed by atoms with E-state index in [0.29, 0.717) is 28.7 Å². The number of esters is 1. The number of ether oxygens (including phenoxy) is 1. The van der Waals surface area contributed by atoms with E-state index in [-0.39, 0.29) is 12.0 Å². The standard InChI is InChI=1S/C14H18Cl2N2O3/c1-21-12(19)8-3-2-4-9-17-14(20)18-11-7-5-6-10(15)13(11)16/h5-7H,2-4,8-9H2,1H3,(H2,17,18,20). The third kappa shape index (κ3) is 6.69. The van der Waals surface area contributed by atoms with Crippen LogP contribution in [0.4, 0.5) is 10.5 Å². The Morgan fingerprint density at radius 2 is 1.95 bits per heavy atom. The molecule has 1 aromatic rings.